The number of ether oxygens (including phenoxy) is 2. The predicted octanol–water partition coefficient (Wildman–Crippen LogP) is 2.45. The van der Waals surface area contributed by atoms with E-state index in [0.717, 1.165) is 26.1 Å². The third-order valence-electron chi connectivity index (χ3n) is 3.44. The second kappa shape index (κ2) is 7.51. The van der Waals surface area contributed by atoms with Gasteiger partial charge < -0.3 is 14.4 Å². The van der Waals surface area contributed by atoms with Crippen molar-refractivity contribution in [2.24, 2.45) is 0 Å². The predicted molar refractivity (Wildman–Crippen MR) is 82.1 cm³/mol. The average molecular weight is 319 g/mol. The lowest BCUT2D eigenvalue weighted by atomic mass is 10.2. The largest absolute Gasteiger partial charge is 0.492 e. The summed E-state index contributed by atoms with van der Waals surface area (Å²) in [5, 5.41) is 1.25. The van der Waals surface area contributed by atoms with Crippen molar-refractivity contribution >= 4 is 23.2 Å². The summed E-state index contributed by atoms with van der Waals surface area (Å²) in [4.78, 5) is 1.58. The van der Waals surface area contributed by atoms with Gasteiger partial charge in [0.2, 0.25) is 0 Å². The van der Waals surface area contributed by atoms with Crippen LogP contribution in [-0.4, -0.2) is 38.4 Å². The van der Waals surface area contributed by atoms with E-state index < -0.39 is 0 Å². The highest BCUT2D eigenvalue weighted by molar-refractivity contribution is 6.34. The summed E-state index contributed by atoms with van der Waals surface area (Å²) in [7, 11) is 0. The Morgan fingerprint density at radius 2 is 1.95 bits per heavy atom. The molecule has 1 fully saturated rings. The summed E-state index contributed by atoms with van der Waals surface area (Å²) in [6.07, 6.45) is 1.69. The smallest absolute Gasteiger partial charge is 0.139 e. The number of benzene rings is 1. The second-order valence-electron chi connectivity index (χ2n) is 5.44. The van der Waals surface area contributed by atoms with Crippen molar-refractivity contribution in [3.63, 3.8) is 0 Å². The van der Waals surface area contributed by atoms with E-state index in [1.54, 1.807) is 23.1 Å². The number of halogens is 2. The number of rotatable bonds is 5. The number of morpholine rings is 1. The van der Waals surface area contributed by atoms with Gasteiger partial charge in [0.15, 0.2) is 0 Å². The number of quaternary nitrogens is 1. The fourth-order valence-electron chi connectivity index (χ4n) is 2.69. The lowest BCUT2D eigenvalue weighted by molar-refractivity contribution is -0.915. The van der Waals surface area contributed by atoms with Crippen LogP contribution in [0.1, 0.15) is 20.3 Å². The zero-order valence-corrected chi connectivity index (χ0v) is 13.5. The molecule has 1 heterocycles. The average Bonchev–Trinajstić information content (AvgIpc) is 2.37. The molecule has 1 saturated heterocycles. The van der Waals surface area contributed by atoms with E-state index in [0.29, 0.717) is 34.6 Å². The summed E-state index contributed by atoms with van der Waals surface area (Å²) < 4.78 is 11.4. The van der Waals surface area contributed by atoms with Gasteiger partial charge in [0.25, 0.3) is 0 Å². The molecule has 1 aliphatic heterocycles. The molecule has 20 heavy (non-hydrogen) atoms. The van der Waals surface area contributed by atoms with E-state index in [4.69, 9.17) is 32.7 Å². The van der Waals surface area contributed by atoms with Gasteiger partial charge in [0, 0.05) is 17.5 Å². The standard InChI is InChI=1S/C15H21Cl2NO2/c1-11-9-18(10-12(2)20-11)6-3-7-19-15-8-13(16)4-5-14(15)17/h4-5,8,11-12H,3,6-7,9-10H2,1-2H3/p+1/t11-,12-/m1/s1. The molecule has 0 saturated carbocycles. The Labute approximate surface area is 130 Å². The first-order valence-corrected chi connectivity index (χ1v) is 7.87. The molecule has 5 heteroatoms. The third-order valence-corrected chi connectivity index (χ3v) is 3.99. The minimum absolute atomic E-state index is 0.344. The highest BCUT2D eigenvalue weighted by atomic mass is 35.5. The summed E-state index contributed by atoms with van der Waals surface area (Å²) in [5.74, 6) is 0.665. The fraction of sp³-hybridized carbons (Fsp3) is 0.600. The number of hydrogen-bond acceptors (Lipinski definition) is 2. The van der Waals surface area contributed by atoms with Crippen molar-refractivity contribution in [1.29, 1.82) is 0 Å². The Hall–Kier alpha value is -0.480. The van der Waals surface area contributed by atoms with Crippen LogP contribution in [-0.2, 0) is 4.74 Å². The van der Waals surface area contributed by atoms with Crippen molar-refractivity contribution in [2.75, 3.05) is 26.2 Å². The van der Waals surface area contributed by atoms with E-state index in [2.05, 4.69) is 13.8 Å². The van der Waals surface area contributed by atoms with Gasteiger partial charge in [-0.1, -0.05) is 23.2 Å². The minimum atomic E-state index is 0.344. The van der Waals surface area contributed by atoms with Crippen molar-refractivity contribution in [2.45, 2.75) is 32.5 Å². The first kappa shape index (κ1) is 15.9. The molecule has 1 aliphatic rings. The van der Waals surface area contributed by atoms with Crippen LogP contribution in [0.15, 0.2) is 18.2 Å². The minimum Gasteiger partial charge on any atom is -0.492 e. The van der Waals surface area contributed by atoms with Crippen molar-refractivity contribution < 1.29 is 14.4 Å². The lowest BCUT2D eigenvalue weighted by Crippen LogP contribution is -3.15. The molecule has 3 nitrogen and oxygen atoms in total. The van der Waals surface area contributed by atoms with Gasteiger partial charge in [0.1, 0.15) is 31.0 Å². The van der Waals surface area contributed by atoms with Crippen molar-refractivity contribution in [3.8, 4) is 5.75 Å². The molecule has 112 valence electrons. The molecule has 0 aromatic heterocycles. The second-order valence-corrected chi connectivity index (χ2v) is 6.29. The molecule has 0 aliphatic carbocycles. The molecular formula is C15H22Cl2NO2+. The molecule has 1 aromatic rings. The first-order valence-electron chi connectivity index (χ1n) is 7.11. The Balaban J connectivity index is 1.72. The number of hydrogen-bond donors (Lipinski definition) is 1. The highest BCUT2D eigenvalue weighted by Gasteiger charge is 2.24. The normalized spacial score (nSPS) is 26.5. The van der Waals surface area contributed by atoms with Crippen LogP contribution in [0.5, 0.6) is 5.75 Å². The molecule has 0 spiro atoms. The summed E-state index contributed by atoms with van der Waals surface area (Å²) >= 11 is 12.0. The maximum Gasteiger partial charge on any atom is 0.139 e. The van der Waals surface area contributed by atoms with Crippen LogP contribution in [0.25, 0.3) is 0 Å². The SMILES string of the molecule is C[C@@H]1C[NH+](CCCOc2cc(Cl)ccc2Cl)C[C@@H](C)O1. The molecule has 0 bridgehead atoms. The molecule has 1 aromatic carbocycles. The van der Waals surface area contributed by atoms with Gasteiger partial charge in [-0.05, 0) is 26.0 Å². The van der Waals surface area contributed by atoms with Crippen LogP contribution >= 0.6 is 23.2 Å². The Bertz CT molecular complexity index is 432. The van der Waals surface area contributed by atoms with E-state index in [9.17, 15) is 0 Å². The molecule has 2 atom stereocenters. The molecule has 0 radical (unpaired) electrons. The van der Waals surface area contributed by atoms with Gasteiger partial charge in [-0.15, -0.1) is 0 Å². The fourth-order valence-corrected chi connectivity index (χ4v) is 3.02. The van der Waals surface area contributed by atoms with Gasteiger partial charge in [-0.3, -0.25) is 0 Å². The maximum absolute atomic E-state index is 6.06. The van der Waals surface area contributed by atoms with Crippen LogP contribution in [0.2, 0.25) is 10.0 Å². The van der Waals surface area contributed by atoms with Crippen LogP contribution in [0.3, 0.4) is 0 Å². The van der Waals surface area contributed by atoms with Crippen molar-refractivity contribution in [3.05, 3.63) is 28.2 Å². The summed E-state index contributed by atoms with van der Waals surface area (Å²) in [6, 6.07) is 5.28. The monoisotopic (exact) mass is 318 g/mol. The summed E-state index contributed by atoms with van der Waals surface area (Å²) in [5.41, 5.74) is 0. The lowest BCUT2D eigenvalue weighted by Gasteiger charge is -2.32. The topological polar surface area (TPSA) is 22.9 Å². The maximum atomic E-state index is 6.06. The Kier molecular flexibility index (Phi) is 5.97. The van der Waals surface area contributed by atoms with Crippen LogP contribution < -0.4 is 9.64 Å². The first-order chi connectivity index (χ1) is 9.54. The Morgan fingerprint density at radius 1 is 1.25 bits per heavy atom. The van der Waals surface area contributed by atoms with E-state index in [1.807, 2.05) is 0 Å². The van der Waals surface area contributed by atoms with Gasteiger partial charge in [0.05, 0.1) is 18.2 Å². The van der Waals surface area contributed by atoms with E-state index in [1.165, 1.54) is 0 Å². The highest BCUT2D eigenvalue weighted by Crippen LogP contribution is 2.27. The van der Waals surface area contributed by atoms with Gasteiger partial charge in [-0.2, -0.15) is 0 Å². The number of nitrogens with one attached hydrogen (secondary N) is 1. The molecule has 1 N–H and O–H groups in total. The molecule has 0 unspecified atom stereocenters. The van der Waals surface area contributed by atoms with Gasteiger partial charge in [-0.25, -0.2) is 0 Å². The molecular weight excluding hydrogens is 297 g/mol. The van der Waals surface area contributed by atoms with Gasteiger partial charge >= 0.3 is 0 Å². The molecule has 0 amide bonds. The van der Waals surface area contributed by atoms with Crippen molar-refractivity contribution in [1.82, 2.24) is 0 Å². The van der Waals surface area contributed by atoms with E-state index >= 15 is 0 Å². The van der Waals surface area contributed by atoms with Crippen LogP contribution in [0, 0.1) is 0 Å². The molecule has 2 rings (SSSR count). The zero-order chi connectivity index (χ0) is 14.5. The third kappa shape index (κ3) is 4.81. The van der Waals surface area contributed by atoms with E-state index in [-0.39, 0.29) is 0 Å². The quantitative estimate of drug-likeness (QED) is 0.843. The zero-order valence-electron chi connectivity index (χ0n) is 12.0. The summed E-state index contributed by atoms with van der Waals surface area (Å²) in [6.45, 7) is 8.17. The van der Waals surface area contributed by atoms with Crippen LogP contribution in [0.4, 0.5) is 0 Å². The Morgan fingerprint density at radius 3 is 2.65 bits per heavy atom.